The lowest BCUT2D eigenvalue weighted by Crippen LogP contribution is -2.32. The summed E-state index contributed by atoms with van der Waals surface area (Å²) in [6, 6.07) is 8.40. The van der Waals surface area contributed by atoms with Crippen molar-refractivity contribution in [2.45, 2.75) is 43.1 Å². The summed E-state index contributed by atoms with van der Waals surface area (Å²) >= 11 is 0. The lowest BCUT2D eigenvalue weighted by molar-refractivity contribution is -0.274. The minimum atomic E-state index is -4.93. The first-order valence-electron chi connectivity index (χ1n) is 11.0. The van der Waals surface area contributed by atoms with Gasteiger partial charge in [-0.05, 0) is 68.8 Å². The number of ether oxygens (including phenoxy) is 2. The first-order chi connectivity index (χ1) is 17.2. The van der Waals surface area contributed by atoms with Gasteiger partial charge in [-0.25, -0.2) is 8.42 Å². The summed E-state index contributed by atoms with van der Waals surface area (Å²) < 4.78 is 111. The van der Waals surface area contributed by atoms with Gasteiger partial charge in [-0.15, -0.1) is 13.2 Å². The average molecular weight is 558 g/mol. The van der Waals surface area contributed by atoms with Crippen LogP contribution in [0.5, 0.6) is 11.5 Å². The summed E-state index contributed by atoms with van der Waals surface area (Å²) in [5, 5.41) is 8.85. The molecule has 2 rings (SSSR count). The second-order valence-electron chi connectivity index (χ2n) is 7.93. The minimum absolute atomic E-state index is 0.0660. The van der Waals surface area contributed by atoms with E-state index in [0.29, 0.717) is 6.42 Å². The highest BCUT2D eigenvalue weighted by molar-refractivity contribution is 7.91. The molecular weight excluding hydrogens is 532 g/mol. The molecular formula is C23H25F6NO6S. The molecule has 0 heterocycles. The molecule has 14 heteroatoms. The van der Waals surface area contributed by atoms with Crippen LogP contribution in [0.25, 0.3) is 0 Å². The zero-order valence-electron chi connectivity index (χ0n) is 19.4. The van der Waals surface area contributed by atoms with Crippen LogP contribution in [0.4, 0.5) is 26.3 Å². The number of benzene rings is 2. The molecule has 0 unspecified atom stereocenters. The number of carboxylic acids is 1. The van der Waals surface area contributed by atoms with Crippen molar-refractivity contribution in [2.75, 3.05) is 25.6 Å². The first-order valence-corrected chi connectivity index (χ1v) is 12.6. The van der Waals surface area contributed by atoms with Crippen molar-refractivity contribution < 1.29 is 54.1 Å². The number of unbranched alkanes of at least 4 members (excludes halogenated alkanes) is 1. The highest BCUT2D eigenvalue weighted by atomic mass is 32.2. The lowest BCUT2D eigenvalue weighted by atomic mass is 10.2. The smallest absolute Gasteiger partial charge is 0.493 e. The Labute approximate surface area is 209 Å². The van der Waals surface area contributed by atoms with Crippen molar-refractivity contribution >= 4 is 15.8 Å². The number of nitrogens with zero attached hydrogens (tertiary/aromatic N) is 1. The summed E-state index contributed by atoms with van der Waals surface area (Å²) in [4.78, 5) is 12.0. The molecule has 1 N–H and O–H groups in total. The Kier molecular flexibility index (Phi) is 10.6. The maximum atomic E-state index is 13.1. The van der Waals surface area contributed by atoms with E-state index in [9.17, 15) is 39.6 Å². The number of carbonyl (C=O) groups is 1. The highest BCUT2D eigenvalue weighted by Crippen LogP contribution is 2.36. The van der Waals surface area contributed by atoms with Gasteiger partial charge >= 0.3 is 18.5 Å². The van der Waals surface area contributed by atoms with Crippen molar-refractivity contribution in [3.05, 3.63) is 54.1 Å². The van der Waals surface area contributed by atoms with Crippen LogP contribution in [0.2, 0.25) is 0 Å². The molecule has 2 aromatic rings. The van der Waals surface area contributed by atoms with Crippen molar-refractivity contribution in [1.82, 2.24) is 4.90 Å². The van der Waals surface area contributed by atoms with Crippen LogP contribution in [-0.2, 0) is 20.8 Å². The Morgan fingerprint density at radius 2 is 1.51 bits per heavy atom. The average Bonchev–Trinajstić information content (AvgIpc) is 2.77. The zero-order chi connectivity index (χ0) is 27.7. The maximum absolute atomic E-state index is 13.1. The van der Waals surface area contributed by atoms with Gasteiger partial charge in [0.05, 0.1) is 17.1 Å². The van der Waals surface area contributed by atoms with E-state index >= 15 is 0 Å². The lowest BCUT2D eigenvalue weighted by Gasteiger charge is -2.22. The predicted molar refractivity (Wildman–Crippen MR) is 120 cm³/mol. The van der Waals surface area contributed by atoms with Gasteiger partial charge in [-0.1, -0.05) is 12.1 Å². The quantitative estimate of drug-likeness (QED) is 0.247. The van der Waals surface area contributed by atoms with E-state index < -0.39 is 45.5 Å². The molecule has 0 bridgehead atoms. The fourth-order valence-electron chi connectivity index (χ4n) is 3.30. The minimum Gasteiger partial charge on any atom is -0.493 e. The van der Waals surface area contributed by atoms with Gasteiger partial charge in [0, 0.05) is 6.42 Å². The van der Waals surface area contributed by atoms with Crippen molar-refractivity contribution in [2.24, 2.45) is 0 Å². The van der Waals surface area contributed by atoms with Crippen LogP contribution < -0.4 is 9.47 Å². The summed E-state index contributed by atoms with van der Waals surface area (Å²) in [5.74, 6) is -2.52. The molecule has 37 heavy (non-hydrogen) atoms. The second kappa shape index (κ2) is 13.0. The predicted octanol–water partition coefficient (Wildman–Crippen LogP) is 5.36. The Morgan fingerprint density at radius 1 is 0.892 bits per heavy atom. The van der Waals surface area contributed by atoms with Gasteiger partial charge in [-0.2, -0.15) is 13.2 Å². The molecule has 2 aromatic carbocycles. The van der Waals surface area contributed by atoms with Crippen LogP contribution in [-0.4, -0.2) is 56.3 Å². The van der Waals surface area contributed by atoms with Crippen molar-refractivity contribution in [3.8, 4) is 11.5 Å². The Morgan fingerprint density at radius 3 is 2.11 bits per heavy atom. The van der Waals surface area contributed by atoms with Gasteiger partial charge in [0.1, 0.15) is 17.4 Å². The van der Waals surface area contributed by atoms with E-state index in [1.807, 2.05) is 0 Å². The number of alkyl halides is 6. The monoisotopic (exact) mass is 557 g/mol. The fourth-order valence-corrected chi connectivity index (χ4v) is 4.74. The van der Waals surface area contributed by atoms with Crippen LogP contribution in [0.3, 0.4) is 0 Å². The molecule has 0 aliphatic rings. The summed E-state index contributed by atoms with van der Waals surface area (Å²) in [6.45, 7) is 0.195. The third kappa shape index (κ3) is 10.9. The maximum Gasteiger partial charge on any atom is 0.573 e. The number of para-hydroxylation sites is 1. The topological polar surface area (TPSA) is 93.1 Å². The van der Waals surface area contributed by atoms with Crippen molar-refractivity contribution in [1.29, 1.82) is 0 Å². The van der Waals surface area contributed by atoms with Gasteiger partial charge < -0.3 is 14.6 Å². The molecule has 206 valence electrons. The number of sulfone groups is 1. The largest absolute Gasteiger partial charge is 0.573 e. The molecule has 0 saturated heterocycles. The number of rotatable bonds is 14. The molecule has 0 amide bonds. The molecule has 0 atom stereocenters. The number of carboxylic acid groups (broad SMARTS) is 1. The summed E-state index contributed by atoms with van der Waals surface area (Å²) in [6.07, 6.45) is -8.97. The van der Waals surface area contributed by atoms with Gasteiger partial charge in [-0.3, -0.25) is 9.69 Å². The molecule has 0 aromatic heterocycles. The number of aliphatic carboxylic acids is 1. The molecule has 0 fully saturated rings. The third-order valence-corrected chi connectivity index (χ3v) is 6.65. The third-order valence-electron chi connectivity index (χ3n) is 4.95. The van der Waals surface area contributed by atoms with Gasteiger partial charge in [0.15, 0.2) is 9.84 Å². The molecule has 0 aliphatic carbocycles. The molecule has 0 spiro atoms. The zero-order valence-corrected chi connectivity index (χ0v) is 20.2. The molecule has 0 aliphatic heterocycles. The Balaban J connectivity index is 1.97. The van der Waals surface area contributed by atoms with Crippen LogP contribution in [0.1, 0.15) is 31.2 Å². The van der Waals surface area contributed by atoms with E-state index in [4.69, 9.17) is 9.84 Å². The van der Waals surface area contributed by atoms with E-state index in [1.54, 1.807) is 0 Å². The van der Waals surface area contributed by atoms with Crippen molar-refractivity contribution in [3.63, 3.8) is 0 Å². The van der Waals surface area contributed by atoms with Crippen LogP contribution in [0, 0.1) is 0 Å². The van der Waals surface area contributed by atoms with E-state index in [0.717, 1.165) is 30.3 Å². The Bertz CT molecular complexity index is 1120. The fraction of sp³-hybridized carbons (Fsp3) is 0.435. The summed E-state index contributed by atoms with van der Waals surface area (Å²) in [7, 11) is -3.99. The van der Waals surface area contributed by atoms with Crippen LogP contribution in [0.15, 0.2) is 53.4 Å². The Hall–Kier alpha value is -3.00. The number of halogens is 6. The van der Waals surface area contributed by atoms with Crippen LogP contribution >= 0.6 is 0 Å². The van der Waals surface area contributed by atoms with E-state index in [-0.39, 0.29) is 49.6 Å². The van der Waals surface area contributed by atoms with E-state index in [2.05, 4.69) is 4.74 Å². The van der Waals surface area contributed by atoms with E-state index in [1.165, 1.54) is 23.1 Å². The molecule has 0 radical (unpaired) electrons. The van der Waals surface area contributed by atoms with Gasteiger partial charge in [0.25, 0.3) is 0 Å². The molecule has 0 saturated carbocycles. The standard InChI is InChI=1S/C23H25F6NO6S/c24-22(25,26)19-6-1-2-7-20(19)35-15-4-3-13-30(14-5-8-21(31)32)16-37(33,34)18-11-9-17(10-12-18)36-23(27,28)29/h1-2,6-7,9-12H,3-5,8,13-16H2,(H,31,32). The summed E-state index contributed by atoms with van der Waals surface area (Å²) in [5.41, 5.74) is -0.914. The first kappa shape index (κ1) is 30.2. The highest BCUT2D eigenvalue weighted by Gasteiger charge is 2.34. The second-order valence-corrected chi connectivity index (χ2v) is 9.89. The normalized spacial score (nSPS) is 12.5. The number of hydrogen-bond donors (Lipinski definition) is 1. The van der Waals surface area contributed by atoms with Gasteiger partial charge in [0.2, 0.25) is 0 Å². The molecule has 7 nitrogen and oxygen atoms in total. The number of hydrogen-bond acceptors (Lipinski definition) is 6. The SMILES string of the molecule is O=C(O)CCCN(CCCCOc1ccccc1C(F)(F)F)CS(=O)(=O)c1ccc(OC(F)(F)F)cc1.